The van der Waals surface area contributed by atoms with Crippen LogP contribution in [-0.2, 0) is 30.2 Å². The molecule has 13 heteroatoms. The van der Waals surface area contributed by atoms with Crippen molar-refractivity contribution in [1.29, 1.82) is 0 Å². The van der Waals surface area contributed by atoms with Gasteiger partial charge in [0.1, 0.15) is 48.1 Å². The fraction of sp³-hybridized carbons (Fsp3) is 1.00. The molecule has 1 heterocycles. The van der Waals surface area contributed by atoms with Crippen molar-refractivity contribution in [3.63, 3.8) is 0 Å². The van der Waals surface area contributed by atoms with Gasteiger partial charge in [0, 0.05) is 18.0 Å². The summed E-state index contributed by atoms with van der Waals surface area (Å²) in [4.78, 5) is 0. The standard InChI is InChI=1S/C12H24O11S2/c1-22-8(5-24-4-7(16)10(17)9(24)3-14)12(23-25(19,20)21)11(18)6(15)2-13/h6-18H,2-5H2,1H3/p+1/t6-,7-,8-,9-,10+,11-,12-,24?/m1/s1. The number of aliphatic hydroxyl groups excluding tert-OH is 6. The topological polar surface area (TPSA) is 194 Å². The Kier molecular flexibility index (Phi) is 8.97. The average Bonchev–Trinajstić information content (AvgIpc) is 2.81. The highest BCUT2D eigenvalue weighted by molar-refractivity contribution is 7.97. The highest BCUT2D eigenvalue weighted by Crippen LogP contribution is 2.27. The monoisotopic (exact) mass is 409 g/mol. The highest BCUT2D eigenvalue weighted by atomic mass is 32.3. The Morgan fingerprint density at radius 2 is 1.84 bits per heavy atom. The molecule has 7 N–H and O–H groups in total. The first-order chi connectivity index (χ1) is 11.6. The van der Waals surface area contributed by atoms with Gasteiger partial charge in [0.15, 0.2) is 5.25 Å². The maximum atomic E-state index is 11.0. The smallest absolute Gasteiger partial charge is 0.394 e. The zero-order chi connectivity index (χ0) is 19.4. The van der Waals surface area contributed by atoms with E-state index < -0.39 is 76.4 Å². The molecule has 0 aliphatic carbocycles. The zero-order valence-corrected chi connectivity index (χ0v) is 15.1. The molecular weight excluding hydrogens is 384 g/mol. The van der Waals surface area contributed by atoms with E-state index in [4.69, 9.17) is 14.4 Å². The molecule has 0 saturated carbocycles. The van der Waals surface area contributed by atoms with Gasteiger partial charge in [-0.1, -0.05) is 0 Å². The number of ether oxygens (including phenoxy) is 1. The second-order valence-electron chi connectivity index (χ2n) is 5.65. The minimum atomic E-state index is -5.02. The number of hydrogen-bond acceptors (Lipinski definition) is 10. The molecule has 1 aliphatic heterocycles. The lowest BCUT2D eigenvalue weighted by Crippen LogP contribution is -2.52. The van der Waals surface area contributed by atoms with E-state index in [0.717, 1.165) is 0 Å². The summed E-state index contributed by atoms with van der Waals surface area (Å²) in [7, 11) is -4.67. The third-order valence-corrected chi connectivity index (χ3v) is 7.24. The van der Waals surface area contributed by atoms with Crippen LogP contribution in [0.1, 0.15) is 0 Å². The lowest BCUT2D eigenvalue weighted by Gasteiger charge is -2.30. The van der Waals surface area contributed by atoms with Gasteiger partial charge in [-0.3, -0.25) is 4.55 Å². The summed E-state index contributed by atoms with van der Waals surface area (Å²) >= 11 is 0. The molecule has 1 rings (SSSR count). The van der Waals surface area contributed by atoms with Gasteiger partial charge in [0.05, 0.1) is 13.2 Å². The van der Waals surface area contributed by atoms with Crippen LogP contribution in [0.25, 0.3) is 0 Å². The second kappa shape index (κ2) is 9.75. The number of hydrogen-bond donors (Lipinski definition) is 7. The highest BCUT2D eigenvalue weighted by Gasteiger charge is 2.52. The molecule has 0 bridgehead atoms. The van der Waals surface area contributed by atoms with Crippen molar-refractivity contribution >= 4 is 21.3 Å². The molecule has 0 aromatic rings. The summed E-state index contributed by atoms with van der Waals surface area (Å²) in [5.41, 5.74) is 0. The Balaban J connectivity index is 3.00. The van der Waals surface area contributed by atoms with Crippen LogP contribution < -0.4 is 0 Å². The zero-order valence-electron chi connectivity index (χ0n) is 13.4. The molecule has 11 nitrogen and oxygen atoms in total. The van der Waals surface area contributed by atoms with E-state index in [0.29, 0.717) is 0 Å². The number of aliphatic hydroxyl groups is 6. The van der Waals surface area contributed by atoms with Crippen molar-refractivity contribution in [1.82, 2.24) is 0 Å². The number of rotatable bonds is 10. The van der Waals surface area contributed by atoms with Gasteiger partial charge in [-0.25, -0.2) is 4.18 Å². The van der Waals surface area contributed by atoms with Gasteiger partial charge in [0.2, 0.25) is 0 Å². The quantitative estimate of drug-likeness (QED) is 0.136. The van der Waals surface area contributed by atoms with Crippen molar-refractivity contribution in [2.75, 3.05) is 31.8 Å². The lowest BCUT2D eigenvalue weighted by atomic mass is 10.0. The predicted octanol–water partition coefficient (Wildman–Crippen LogP) is -4.38. The van der Waals surface area contributed by atoms with E-state index in [2.05, 4.69) is 4.18 Å². The van der Waals surface area contributed by atoms with Crippen molar-refractivity contribution in [3.05, 3.63) is 0 Å². The Morgan fingerprint density at radius 3 is 2.28 bits per heavy atom. The van der Waals surface area contributed by atoms with Gasteiger partial charge < -0.3 is 35.4 Å². The summed E-state index contributed by atoms with van der Waals surface area (Å²) in [5.74, 6) is 0.0781. The lowest BCUT2D eigenvalue weighted by molar-refractivity contribution is -0.108. The molecule has 1 aliphatic rings. The van der Waals surface area contributed by atoms with Crippen LogP contribution in [0, 0.1) is 0 Å². The van der Waals surface area contributed by atoms with Gasteiger partial charge in [-0.2, -0.15) is 8.42 Å². The summed E-state index contributed by atoms with van der Waals surface area (Å²) in [6, 6.07) is 0. The van der Waals surface area contributed by atoms with Crippen LogP contribution in [-0.4, -0.2) is 117 Å². The fourth-order valence-electron chi connectivity index (χ4n) is 2.61. The van der Waals surface area contributed by atoms with Crippen LogP contribution in [0.15, 0.2) is 0 Å². The van der Waals surface area contributed by atoms with Crippen molar-refractivity contribution in [2.24, 2.45) is 0 Å². The van der Waals surface area contributed by atoms with Gasteiger partial charge in [-0.15, -0.1) is 0 Å². The van der Waals surface area contributed by atoms with Gasteiger partial charge in [-0.05, 0) is 0 Å². The molecule has 0 aromatic heterocycles. The summed E-state index contributed by atoms with van der Waals surface area (Å²) in [6.07, 6.45) is -8.87. The molecule has 0 amide bonds. The first-order valence-corrected chi connectivity index (χ1v) is 10.3. The van der Waals surface area contributed by atoms with E-state index >= 15 is 0 Å². The molecule has 1 saturated heterocycles. The second-order valence-corrected chi connectivity index (χ2v) is 9.05. The Hall–Kier alpha value is -0.0600. The van der Waals surface area contributed by atoms with Crippen LogP contribution in [0.3, 0.4) is 0 Å². The molecule has 0 radical (unpaired) electrons. The van der Waals surface area contributed by atoms with E-state index in [1.165, 1.54) is 7.11 Å². The van der Waals surface area contributed by atoms with E-state index in [-0.39, 0.29) is 11.5 Å². The molecule has 1 fully saturated rings. The molecule has 25 heavy (non-hydrogen) atoms. The number of methoxy groups -OCH3 is 1. The molecule has 0 aromatic carbocycles. The Bertz CT molecular complexity index is 501. The van der Waals surface area contributed by atoms with Crippen LogP contribution >= 0.6 is 0 Å². The maximum absolute atomic E-state index is 11.0. The maximum Gasteiger partial charge on any atom is 0.397 e. The minimum absolute atomic E-state index is 0.0365. The first kappa shape index (κ1) is 23.0. The minimum Gasteiger partial charge on any atom is -0.394 e. The Morgan fingerprint density at radius 1 is 1.24 bits per heavy atom. The largest absolute Gasteiger partial charge is 0.397 e. The molecule has 0 spiro atoms. The van der Waals surface area contributed by atoms with Crippen molar-refractivity contribution in [2.45, 2.75) is 41.9 Å². The first-order valence-electron chi connectivity index (χ1n) is 7.34. The average molecular weight is 409 g/mol. The fourth-order valence-corrected chi connectivity index (χ4v) is 5.92. The predicted molar refractivity (Wildman–Crippen MR) is 86.3 cm³/mol. The molecular formula is C12H25O11S2+. The van der Waals surface area contributed by atoms with E-state index in [1.807, 2.05) is 0 Å². The summed E-state index contributed by atoms with van der Waals surface area (Å²) < 4.78 is 40.5. The van der Waals surface area contributed by atoms with Gasteiger partial charge in [0.25, 0.3) is 0 Å². The van der Waals surface area contributed by atoms with E-state index in [9.17, 15) is 34.0 Å². The Labute approximate surface area is 148 Å². The third kappa shape index (κ3) is 6.25. The van der Waals surface area contributed by atoms with Gasteiger partial charge >= 0.3 is 10.4 Å². The summed E-state index contributed by atoms with van der Waals surface area (Å²) in [5, 5.41) is 56.8. The van der Waals surface area contributed by atoms with Crippen LogP contribution in [0.5, 0.6) is 0 Å². The molecule has 1 unspecified atom stereocenters. The van der Waals surface area contributed by atoms with Crippen molar-refractivity contribution < 1.29 is 52.5 Å². The SMILES string of the molecule is CO[C@H](C[S+]1C[C@@H](O)[C@H](O)[C@H]1CO)[C@@H](OS(=O)(=O)O)[C@H](O)[C@H](O)CO. The van der Waals surface area contributed by atoms with Crippen LogP contribution in [0.2, 0.25) is 0 Å². The third-order valence-electron chi connectivity index (χ3n) is 3.97. The molecule has 150 valence electrons. The normalized spacial score (nSPS) is 32.3. The molecule has 8 atom stereocenters. The summed E-state index contributed by atoms with van der Waals surface area (Å²) in [6.45, 7) is -1.32. The van der Waals surface area contributed by atoms with Crippen molar-refractivity contribution in [3.8, 4) is 0 Å². The van der Waals surface area contributed by atoms with E-state index in [1.54, 1.807) is 0 Å². The van der Waals surface area contributed by atoms with Crippen LogP contribution in [0.4, 0.5) is 0 Å².